The Morgan fingerprint density at radius 3 is 2.62 bits per heavy atom. The third-order valence-corrected chi connectivity index (χ3v) is 5.92. The third kappa shape index (κ3) is 4.65. The number of amides is 1. The molecule has 1 aromatic heterocycles. The summed E-state index contributed by atoms with van der Waals surface area (Å²) in [4.78, 5) is 19.8. The van der Waals surface area contributed by atoms with Gasteiger partial charge in [-0.25, -0.2) is 4.98 Å². The van der Waals surface area contributed by atoms with Crippen LogP contribution in [0.15, 0.2) is 48.5 Å². The average molecular weight is 445 g/mol. The van der Waals surface area contributed by atoms with Crippen LogP contribution in [0.2, 0.25) is 0 Å². The van der Waals surface area contributed by atoms with Gasteiger partial charge in [0.15, 0.2) is 0 Å². The van der Waals surface area contributed by atoms with E-state index in [-0.39, 0.29) is 23.6 Å². The maximum Gasteiger partial charge on any atom is 0.418 e. The number of fused-ring (bicyclic) bond motifs is 1. The van der Waals surface area contributed by atoms with Crippen LogP contribution < -0.4 is 5.32 Å². The highest BCUT2D eigenvalue weighted by molar-refractivity contribution is 5.93. The van der Waals surface area contributed by atoms with Crippen LogP contribution in [0, 0.1) is 5.92 Å². The number of rotatable bonds is 5. The lowest BCUT2D eigenvalue weighted by atomic mass is 9.96. The molecule has 4 rings (SSSR count). The lowest BCUT2D eigenvalue weighted by Gasteiger charge is -2.32. The molecule has 1 aliphatic rings. The molecule has 0 unspecified atom stereocenters. The first kappa shape index (κ1) is 22.3. The first-order chi connectivity index (χ1) is 15.2. The SMILES string of the molecule is CC(C)n1c(CN2CCC[C@H](C(=O)Nc3ccccc3C(F)(F)F)C2)nc2ccccc21. The smallest absolute Gasteiger partial charge is 0.325 e. The van der Waals surface area contributed by atoms with Crippen molar-refractivity contribution in [1.29, 1.82) is 0 Å². The van der Waals surface area contributed by atoms with Crippen LogP contribution in [0.4, 0.5) is 18.9 Å². The number of piperidine rings is 1. The van der Waals surface area contributed by atoms with Gasteiger partial charge >= 0.3 is 6.18 Å². The van der Waals surface area contributed by atoms with E-state index in [0.717, 1.165) is 35.9 Å². The number of carbonyl (C=O) groups is 1. The maximum absolute atomic E-state index is 13.3. The second kappa shape index (κ2) is 8.94. The molecule has 170 valence electrons. The number of hydrogen-bond donors (Lipinski definition) is 1. The Hall–Kier alpha value is -2.87. The number of carbonyl (C=O) groups excluding carboxylic acids is 1. The molecular formula is C24H27F3N4O. The second-order valence-electron chi connectivity index (χ2n) is 8.59. The quantitative estimate of drug-likeness (QED) is 0.566. The Morgan fingerprint density at radius 2 is 1.88 bits per heavy atom. The molecule has 3 aromatic rings. The second-order valence-corrected chi connectivity index (χ2v) is 8.59. The van der Waals surface area contributed by atoms with E-state index in [4.69, 9.17) is 4.98 Å². The van der Waals surface area contributed by atoms with Gasteiger partial charge in [-0.2, -0.15) is 13.2 Å². The summed E-state index contributed by atoms with van der Waals surface area (Å²) in [6, 6.07) is 13.3. The van der Waals surface area contributed by atoms with E-state index in [0.29, 0.717) is 19.5 Å². The van der Waals surface area contributed by atoms with Gasteiger partial charge in [-0.3, -0.25) is 9.69 Å². The Balaban J connectivity index is 1.49. The fraction of sp³-hybridized carbons (Fsp3) is 0.417. The van der Waals surface area contributed by atoms with E-state index in [1.807, 2.05) is 18.2 Å². The highest BCUT2D eigenvalue weighted by Crippen LogP contribution is 2.35. The van der Waals surface area contributed by atoms with Crippen molar-refractivity contribution in [1.82, 2.24) is 14.5 Å². The molecule has 1 N–H and O–H groups in total. The van der Waals surface area contributed by atoms with Gasteiger partial charge in [-0.1, -0.05) is 24.3 Å². The molecule has 0 spiro atoms. The van der Waals surface area contributed by atoms with Gasteiger partial charge in [0.25, 0.3) is 0 Å². The van der Waals surface area contributed by atoms with Crippen molar-refractivity contribution in [2.45, 2.75) is 45.5 Å². The van der Waals surface area contributed by atoms with Gasteiger partial charge in [0, 0.05) is 12.6 Å². The molecule has 1 saturated heterocycles. The molecule has 1 aliphatic heterocycles. The number of benzene rings is 2. The van der Waals surface area contributed by atoms with Crippen molar-refractivity contribution in [2.24, 2.45) is 5.92 Å². The molecular weight excluding hydrogens is 417 g/mol. The number of imidazole rings is 1. The molecule has 0 aliphatic carbocycles. The van der Waals surface area contributed by atoms with E-state index in [9.17, 15) is 18.0 Å². The van der Waals surface area contributed by atoms with Crippen molar-refractivity contribution in [3.63, 3.8) is 0 Å². The van der Waals surface area contributed by atoms with Crippen molar-refractivity contribution in [3.05, 3.63) is 59.9 Å². The maximum atomic E-state index is 13.3. The number of aromatic nitrogens is 2. The van der Waals surface area contributed by atoms with Crippen LogP contribution in [0.25, 0.3) is 11.0 Å². The molecule has 8 heteroatoms. The van der Waals surface area contributed by atoms with Crippen LogP contribution in [0.5, 0.6) is 0 Å². The normalized spacial score (nSPS) is 17.8. The number of anilines is 1. The number of nitrogens with one attached hydrogen (secondary N) is 1. The summed E-state index contributed by atoms with van der Waals surface area (Å²) in [5.41, 5.74) is 0.995. The van der Waals surface area contributed by atoms with Crippen LogP contribution in [-0.2, 0) is 17.5 Å². The van der Waals surface area contributed by atoms with Gasteiger partial charge in [0.05, 0.1) is 34.7 Å². The zero-order valence-corrected chi connectivity index (χ0v) is 18.2. The zero-order chi connectivity index (χ0) is 22.9. The predicted molar refractivity (Wildman–Crippen MR) is 118 cm³/mol. The Bertz CT molecular complexity index is 1110. The molecule has 1 atom stereocenters. The number of likely N-dealkylation sites (tertiary alicyclic amines) is 1. The van der Waals surface area contributed by atoms with E-state index < -0.39 is 11.7 Å². The molecule has 1 amide bonds. The summed E-state index contributed by atoms with van der Waals surface area (Å²) in [6.07, 6.45) is -3.06. The average Bonchev–Trinajstić information content (AvgIpc) is 3.11. The number of nitrogens with zero attached hydrogens (tertiary/aromatic N) is 3. The third-order valence-electron chi connectivity index (χ3n) is 5.92. The van der Waals surface area contributed by atoms with Gasteiger partial charge < -0.3 is 9.88 Å². The van der Waals surface area contributed by atoms with Crippen LogP contribution in [0.3, 0.4) is 0 Å². The topological polar surface area (TPSA) is 50.2 Å². The minimum absolute atomic E-state index is 0.191. The summed E-state index contributed by atoms with van der Waals surface area (Å²) < 4.78 is 42.0. The molecule has 0 bridgehead atoms. The first-order valence-electron chi connectivity index (χ1n) is 10.9. The van der Waals surface area contributed by atoms with Crippen molar-refractivity contribution in [2.75, 3.05) is 18.4 Å². The van der Waals surface area contributed by atoms with E-state index in [1.165, 1.54) is 18.2 Å². The standard InChI is InChI=1S/C24H27F3N4O/c1-16(2)31-21-12-6-5-11-20(21)28-22(31)15-30-13-7-8-17(14-30)23(32)29-19-10-4-3-9-18(19)24(25,26)27/h3-6,9-12,16-17H,7-8,13-15H2,1-2H3,(H,29,32)/t17-/m0/s1. The molecule has 5 nitrogen and oxygen atoms in total. The fourth-order valence-corrected chi connectivity index (χ4v) is 4.47. The molecule has 2 aromatic carbocycles. The monoisotopic (exact) mass is 444 g/mol. The summed E-state index contributed by atoms with van der Waals surface area (Å²) in [6.45, 7) is 6.13. The van der Waals surface area contributed by atoms with Gasteiger partial charge in [0.1, 0.15) is 5.82 Å². The van der Waals surface area contributed by atoms with Gasteiger partial charge in [-0.05, 0) is 57.5 Å². The lowest BCUT2D eigenvalue weighted by Crippen LogP contribution is -2.41. The highest BCUT2D eigenvalue weighted by atomic mass is 19.4. The molecule has 2 heterocycles. The fourth-order valence-electron chi connectivity index (χ4n) is 4.47. The first-order valence-corrected chi connectivity index (χ1v) is 10.9. The largest absolute Gasteiger partial charge is 0.418 e. The van der Waals surface area contributed by atoms with Crippen LogP contribution in [0.1, 0.15) is 44.1 Å². The van der Waals surface area contributed by atoms with Crippen LogP contribution >= 0.6 is 0 Å². The Morgan fingerprint density at radius 1 is 1.16 bits per heavy atom. The number of para-hydroxylation sites is 3. The Kier molecular flexibility index (Phi) is 6.24. The summed E-state index contributed by atoms with van der Waals surface area (Å²) >= 11 is 0. The predicted octanol–water partition coefficient (Wildman–Crippen LogP) is 5.49. The van der Waals surface area contributed by atoms with E-state index in [2.05, 4.69) is 34.7 Å². The highest BCUT2D eigenvalue weighted by Gasteiger charge is 2.34. The van der Waals surface area contributed by atoms with Gasteiger partial charge in [0.2, 0.25) is 5.91 Å². The van der Waals surface area contributed by atoms with Crippen molar-refractivity contribution >= 4 is 22.6 Å². The molecule has 32 heavy (non-hydrogen) atoms. The van der Waals surface area contributed by atoms with E-state index >= 15 is 0 Å². The molecule has 0 saturated carbocycles. The summed E-state index contributed by atoms with van der Waals surface area (Å²) in [7, 11) is 0. The molecule has 0 radical (unpaired) electrons. The Labute approximate surface area is 185 Å². The summed E-state index contributed by atoms with van der Waals surface area (Å²) in [5.74, 6) is 0.190. The minimum Gasteiger partial charge on any atom is -0.325 e. The number of alkyl halides is 3. The van der Waals surface area contributed by atoms with Crippen molar-refractivity contribution in [3.8, 4) is 0 Å². The molecule has 1 fully saturated rings. The lowest BCUT2D eigenvalue weighted by molar-refractivity contribution is -0.137. The van der Waals surface area contributed by atoms with E-state index in [1.54, 1.807) is 0 Å². The van der Waals surface area contributed by atoms with Gasteiger partial charge in [-0.15, -0.1) is 0 Å². The van der Waals surface area contributed by atoms with Crippen molar-refractivity contribution < 1.29 is 18.0 Å². The summed E-state index contributed by atoms with van der Waals surface area (Å²) in [5, 5.41) is 2.52. The van der Waals surface area contributed by atoms with Crippen LogP contribution in [-0.4, -0.2) is 33.4 Å². The number of halogens is 3. The zero-order valence-electron chi connectivity index (χ0n) is 18.2. The minimum atomic E-state index is -4.52. The number of hydrogen-bond acceptors (Lipinski definition) is 3.